The first-order valence-electron chi connectivity index (χ1n) is 4.81. The monoisotopic (exact) mass is 267 g/mol. The van der Waals surface area contributed by atoms with E-state index in [1.165, 1.54) is 0 Å². The summed E-state index contributed by atoms with van der Waals surface area (Å²) < 4.78 is 4.66. The highest BCUT2D eigenvalue weighted by Crippen LogP contribution is 2.18. The third kappa shape index (κ3) is 3.11. The zero-order valence-corrected chi connectivity index (χ0v) is 10.2. The van der Waals surface area contributed by atoms with Crippen molar-refractivity contribution in [3.05, 3.63) is 27.5 Å². The van der Waals surface area contributed by atoms with E-state index < -0.39 is 16.8 Å². The van der Waals surface area contributed by atoms with Crippen LogP contribution in [0.2, 0.25) is 0 Å². The van der Waals surface area contributed by atoms with Gasteiger partial charge in [0, 0.05) is 0 Å². The number of aromatic nitrogens is 1. The largest absolute Gasteiger partial charge is 0.462 e. The Morgan fingerprint density at radius 1 is 1.61 bits per heavy atom. The Morgan fingerprint density at radius 3 is 2.78 bits per heavy atom. The summed E-state index contributed by atoms with van der Waals surface area (Å²) in [6.45, 7) is 1.70. The average Bonchev–Trinajstić information content (AvgIpc) is 2.28. The highest BCUT2D eigenvalue weighted by Gasteiger charge is 2.17. The number of nitrogens with two attached hydrogens (primary N) is 1. The number of carbonyl (C=O) groups excluding carboxylic acids is 2. The van der Waals surface area contributed by atoms with Crippen molar-refractivity contribution in [2.75, 3.05) is 6.61 Å². The maximum Gasteiger partial charge on any atom is 0.343 e. The number of amides is 1. The van der Waals surface area contributed by atoms with Gasteiger partial charge in [0.15, 0.2) is 0 Å². The predicted octanol–water partition coefficient (Wildman–Crippen LogP) is 0.594. The van der Waals surface area contributed by atoms with E-state index in [0.29, 0.717) is 11.8 Å². The number of carbonyl (C=O) groups is 2. The molecule has 0 radical (unpaired) electrons. The number of nitriles is 1. The molecular formula is C10H9N3O4S. The van der Waals surface area contributed by atoms with Crippen LogP contribution in [-0.4, -0.2) is 22.8 Å². The second-order valence-electron chi connectivity index (χ2n) is 3.01. The van der Waals surface area contributed by atoms with E-state index in [4.69, 9.17) is 11.0 Å². The van der Waals surface area contributed by atoms with Crippen LogP contribution < -0.4 is 11.3 Å². The lowest BCUT2D eigenvalue weighted by molar-refractivity contribution is 0.0524. The quantitative estimate of drug-likeness (QED) is 0.609. The Bertz CT molecular complexity index is 588. The fourth-order valence-electron chi connectivity index (χ4n) is 1.14. The van der Waals surface area contributed by atoms with Gasteiger partial charge in [-0.15, -0.1) is 0 Å². The van der Waals surface area contributed by atoms with E-state index in [-0.39, 0.29) is 22.8 Å². The van der Waals surface area contributed by atoms with Crippen LogP contribution >= 0.6 is 11.8 Å². The van der Waals surface area contributed by atoms with Crippen molar-refractivity contribution in [2.24, 2.45) is 5.73 Å². The van der Waals surface area contributed by atoms with Crippen LogP contribution in [-0.2, 0) is 4.74 Å². The van der Waals surface area contributed by atoms with Crippen LogP contribution in [0.15, 0.2) is 15.9 Å². The molecule has 0 spiro atoms. The second kappa shape index (κ2) is 5.88. The first kappa shape index (κ1) is 13.8. The van der Waals surface area contributed by atoms with Crippen LogP contribution in [0.3, 0.4) is 0 Å². The SMILES string of the molecule is CCOC(=O)c1cc(C#N)c(SC(N)=O)[nH]c1=O. The summed E-state index contributed by atoms with van der Waals surface area (Å²) in [4.78, 5) is 36.0. The van der Waals surface area contributed by atoms with Gasteiger partial charge in [-0.3, -0.25) is 9.59 Å². The number of aromatic amines is 1. The fourth-order valence-corrected chi connectivity index (χ4v) is 1.70. The Hall–Kier alpha value is -2.27. The van der Waals surface area contributed by atoms with Gasteiger partial charge in [0.25, 0.3) is 10.8 Å². The predicted molar refractivity (Wildman–Crippen MR) is 63.2 cm³/mol. The summed E-state index contributed by atoms with van der Waals surface area (Å²) in [5.41, 5.74) is 3.89. The molecule has 0 atom stereocenters. The molecule has 8 heteroatoms. The molecule has 7 nitrogen and oxygen atoms in total. The molecule has 3 N–H and O–H groups in total. The molecule has 94 valence electrons. The minimum atomic E-state index is -0.828. The average molecular weight is 267 g/mol. The number of nitrogens with zero attached hydrogens (tertiary/aromatic N) is 1. The van der Waals surface area contributed by atoms with E-state index >= 15 is 0 Å². The number of pyridine rings is 1. The van der Waals surface area contributed by atoms with Gasteiger partial charge in [-0.05, 0) is 24.8 Å². The standard InChI is InChI=1S/C10H9N3O4S/c1-2-17-9(15)6-3-5(4-11)8(13-7(6)14)18-10(12)16/h3H,2H2,1H3,(H2,12,16)(H,13,14). The molecule has 1 aromatic heterocycles. The number of nitrogens with one attached hydrogen (secondary N) is 1. The Labute approximate surface area is 106 Å². The molecule has 0 aliphatic rings. The molecule has 1 aromatic rings. The molecule has 0 fully saturated rings. The van der Waals surface area contributed by atoms with Crippen LogP contribution in [0.5, 0.6) is 0 Å². The molecule has 0 aliphatic carbocycles. The lowest BCUT2D eigenvalue weighted by atomic mass is 10.2. The third-order valence-electron chi connectivity index (χ3n) is 1.82. The molecule has 1 heterocycles. The van der Waals surface area contributed by atoms with Gasteiger partial charge in [-0.1, -0.05) is 0 Å². The first-order valence-corrected chi connectivity index (χ1v) is 5.63. The number of hydrogen-bond acceptors (Lipinski definition) is 6. The topological polar surface area (TPSA) is 126 Å². The molecule has 0 saturated heterocycles. The lowest BCUT2D eigenvalue weighted by Crippen LogP contribution is -2.21. The summed E-state index contributed by atoms with van der Waals surface area (Å²) in [7, 11) is 0. The van der Waals surface area contributed by atoms with Crippen LogP contribution in [0.4, 0.5) is 4.79 Å². The maximum atomic E-state index is 11.6. The van der Waals surface area contributed by atoms with E-state index in [9.17, 15) is 14.4 Å². The molecular weight excluding hydrogens is 258 g/mol. The van der Waals surface area contributed by atoms with Gasteiger partial charge in [0.2, 0.25) is 0 Å². The van der Waals surface area contributed by atoms with E-state index in [1.54, 1.807) is 13.0 Å². The summed E-state index contributed by atoms with van der Waals surface area (Å²) >= 11 is 0.506. The molecule has 0 saturated carbocycles. The molecule has 18 heavy (non-hydrogen) atoms. The zero-order chi connectivity index (χ0) is 13.7. The Balaban J connectivity index is 3.27. The lowest BCUT2D eigenvalue weighted by Gasteiger charge is -2.04. The van der Waals surface area contributed by atoms with Crippen LogP contribution in [0.1, 0.15) is 22.8 Å². The van der Waals surface area contributed by atoms with E-state index in [1.807, 2.05) is 0 Å². The van der Waals surface area contributed by atoms with Crippen molar-refractivity contribution in [3.8, 4) is 6.07 Å². The fraction of sp³-hybridized carbons (Fsp3) is 0.200. The van der Waals surface area contributed by atoms with Crippen LogP contribution in [0, 0.1) is 11.3 Å². The Kier molecular flexibility index (Phi) is 4.51. The van der Waals surface area contributed by atoms with Crippen LogP contribution in [0.25, 0.3) is 0 Å². The minimum absolute atomic E-state index is 0.00282. The van der Waals surface area contributed by atoms with Gasteiger partial charge in [-0.2, -0.15) is 5.26 Å². The highest BCUT2D eigenvalue weighted by molar-refractivity contribution is 8.13. The number of thioether (sulfide) groups is 1. The van der Waals surface area contributed by atoms with E-state index in [2.05, 4.69) is 9.72 Å². The van der Waals surface area contributed by atoms with Crippen molar-refractivity contribution in [3.63, 3.8) is 0 Å². The smallest absolute Gasteiger partial charge is 0.343 e. The molecule has 0 aromatic carbocycles. The van der Waals surface area contributed by atoms with E-state index in [0.717, 1.165) is 6.07 Å². The number of esters is 1. The molecule has 1 rings (SSSR count). The van der Waals surface area contributed by atoms with Crippen molar-refractivity contribution in [2.45, 2.75) is 11.9 Å². The number of ether oxygens (including phenoxy) is 1. The second-order valence-corrected chi connectivity index (χ2v) is 4.02. The molecule has 1 amide bonds. The van der Waals surface area contributed by atoms with Gasteiger partial charge in [-0.25, -0.2) is 4.79 Å². The summed E-state index contributed by atoms with van der Waals surface area (Å²) in [6, 6.07) is 2.83. The molecule has 0 unspecified atom stereocenters. The number of rotatable bonds is 3. The molecule has 0 bridgehead atoms. The Morgan fingerprint density at radius 2 is 2.28 bits per heavy atom. The molecule has 0 aliphatic heterocycles. The third-order valence-corrected chi connectivity index (χ3v) is 2.55. The van der Waals surface area contributed by atoms with Crippen molar-refractivity contribution >= 4 is 23.0 Å². The first-order chi connectivity index (χ1) is 8.49. The number of hydrogen-bond donors (Lipinski definition) is 2. The van der Waals surface area contributed by atoms with Crippen molar-refractivity contribution < 1.29 is 14.3 Å². The zero-order valence-electron chi connectivity index (χ0n) is 9.35. The minimum Gasteiger partial charge on any atom is -0.462 e. The summed E-state index contributed by atoms with van der Waals surface area (Å²) in [5.74, 6) is -0.828. The van der Waals surface area contributed by atoms with Gasteiger partial charge < -0.3 is 15.5 Å². The number of H-pyrrole nitrogens is 1. The number of primary amides is 1. The normalized spacial score (nSPS) is 9.56. The van der Waals surface area contributed by atoms with Crippen molar-refractivity contribution in [1.29, 1.82) is 5.26 Å². The van der Waals surface area contributed by atoms with Gasteiger partial charge in [0.05, 0.1) is 12.2 Å². The highest BCUT2D eigenvalue weighted by atomic mass is 32.2. The summed E-state index contributed by atoms with van der Waals surface area (Å²) in [5, 5.41) is 8.10. The van der Waals surface area contributed by atoms with Gasteiger partial charge in [0.1, 0.15) is 16.7 Å². The van der Waals surface area contributed by atoms with Crippen molar-refractivity contribution in [1.82, 2.24) is 4.98 Å². The summed E-state index contributed by atoms with van der Waals surface area (Å²) in [6.07, 6.45) is 0. The van der Waals surface area contributed by atoms with Gasteiger partial charge >= 0.3 is 5.97 Å². The maximum absolute atomic E-state index is 11.6.